The molecule has 49 heavy (non-hydrogen) atoms. The minimum atomic E-state index is -1.38. The molecule has 0 aliphatic heterocycles. The van der Waals surface area contributed by atoms with E-state index in [0.717, 1.165) is 32.1 Å². The number of carbonyl (C=O) groups is 5. The molecule has 4 saturated carbocycles. The molecule has 1 N–H and O–H groups in total. The molecule has 0 saturated heterocycles. The van der Waals surface area contributed by atoms with E-state index in [4.69, 9.17) is 14.2 Å². The molecule has 2 spiro atoms. The molecule has 4 fully saturated rings. The van der Waals surface area contributed by atoms with Crippen LogP contribution in [0.3, 0.4) is 0 Å². The van der Waals surface area contributed by atoms with Crippen molar-refractivity contribution in [1.82, 2.24) is 0 Å². The lowest BCUT2D eigenvalue weighted by molar-refractivity contribution is -0.158. The second-order valence-electron chi connectivity index (χ2n) is 17.7. The molecule has 272 valence electrons. The summed E-state index contributed by atoms with van der Waals surface area (Å²) in [6.45, 7) is 20.9. The lowest BCUT2D eigenvalue weighted by Crippen LogP contribution is -2.56. The molecule has 9 nitrogen and oxygen atoms in total. The first-order valence-corrected chi connectivity index (χ1v) is 18.3. The fraction of sp³-hybridized carbons (Fsp3) is 0.775. The maximum atomic E-state index is 13.8. The Morgan fingerprint density at radius 1 is 1.04 bits per heavy atom. The summed E-state index contributed by atoms with van der Waals surface area (Å²) in [4.78, 5) is 63.2. The molecule has 0 aromatic heterocycles. The smallest absolute Gasteiger partial charge is 0.306 e. The lowest BCUT2D eigenvalue weighted by atomic mass is 9.43. The molecule has 0 unspecified atom stereocenters. The summed E-state index contributed by atoms with van der Waals surface area (Å²) in [5.74, 6) is -2.29. The second-order valence-corrected chi connectivity index (χ2v) is 17.7. The van der Waals surface area contributed by atoms with Crippen LogP contribution in [0.2, 0.25) is 0 Å². The van der Waals surface area contributed by atoms with Crippen molar-refractivity contribution in [2.24, 2.45) is 57.2 Å². The molecule has 0 aromatic rings. The van der Waals surface area contributed by atoms with Crippen molar-refractivity contribution >= 4 is 29.5 Å². The van der Waals surface area contributed by atoms with Gasteiger partial charge in [-0.25, -0.2) is 0 Å². The van der Waals surface area contributed by atoms with Crippen molar-refractivity contribution in [1.29, 1.82) is 0 Å². The van der Waals surface area contributed by atoms with E-state index in [1.807, 2.05) is 13.0 Å². The first-order chi connectivity index (χ1) is 22.6. The predicted octanol–water partition coefficient (Wildman–Crippen LogP) is 6.35. The fourth-order valence-electron chi connectivity index (χ4n) is 11.5. The highest BCUT2D eigenvalue weighted by atomic mass is 16.6. The van der Waals surface area contributed by atoms with Crippen molar-refractivity contribution in [2.45, 2.75) is 131 Å². The van der Waals surface area contributed by atoms with E-state index in [1.54, 1.807) is 27.7 Å². The fourth-order valence-corrected chi connectivity index (χ4v) is 11.5. The van der Waals surface area contributed by atoms with E-state index < -0.39 is 47.4 Å². The van der Waals surface area contributed by atoms with E-state index in [1.165, 1.54) is 6.92 Å². The van der Waals surface area contributed by atoms with Crippen LogP contribution >= 0.6 is 0 Å². The third-order valence-corrected chi connectivity index (χ3v) is 14.0. The first-order valence-electron chi connectivity index (χ1n) is 18.3. The highest BCUT2D eigenvalue weighted by molar-refractivity contribution is 5.98. The van der Waals surface area contributed by atoms with Gasteiger partial charge in [0.25, 0.3) is 0 Å². The van der Waals surface area contributed by atoms with E-state index in [-0.39, 0.29) is 70.3 Å². The Kier molecular flexibility index (Phi) is 9.74. The summed E-state index contributed by atoms with van der Waals surface area (Å²) >= 11 is 0. The topological polar surface area (TPSA) is 133 Å². The first kappa shape index (κ1) is 37.4. The Morgan fingerprint density at radius 3 is 2.33 bits per heavy atom. The number of aliphatic hydroxyl groups excluding tert-OH is 1. The molecular weight excluding hydrogens is 624 g/mol. The minimum Gasteiger partial charge on any atom is -0.465 e. The third kappa shape index (κ3) is 6.14. The molecule has 0 aromatic carbocycles. The van der Waals surface area contributed by atoms with Gasteiger partial charge < -0.3 is 19.3 Å². The zero-order valence-corrected chi connectivity index (χ0v) is 31.1. The molecule has 0 radical (unpaired) electrons. The normalized spacial score (nSPS) is 39.2. The van der Waals surface area contributed by atoms with Crippen LogP contribution in [0.5, 0.6) is 0 Å². The van der Waals surface area contributed by atoms with Gasteiger partial charge in [-0.15, -0.1) is 0 Å². The number of hydrogen-bond acceptors (Lipinski definition) is 9. The van der Waals surface area contributed by atoms with Gasteiger partial charge in [0.2, 0.25) is 0 Å². The van der Waals surface area contributed by atoms with Crippen molar-refractivity contribution in [2.75, 3.05) is 6.61 Å². The van der Waals surface area contributed by atoms with Crippen LogP contribution in [0.1, 0.15) is 114 Å². The quantitative estimate of drug-likeness (QED) is 0.150. The third-order valence-electron chi connectivity index (χ3n) is 14.0. The van der Waals surface area contributed by atoms with Crippen LogP contribution in [0.4, 0.5) is 0 Å². The molecule has 0 bridgehead atoms. The average molecular weight is 683 g/mol. The van der Waals surface area contributed by atoms with Crippen LogP contribution < -0.4 is 0 Å². The molecule has 5 rings (SSSR count). The van der Waals surface area contributed by atoms with Crippen molar-refractivity contribution in [3.63, 3.8) is 0 Å². The maximum absolute atomic E-state index is 13.8. The van der Waals surface area contributed by atoms with Gasteiger partial charge in [0.1, 0.15) is 17.8 Å². The number of hydrogen-bond donors (Lipinski definition) is 1. The van der Waals surface area contributed by atoms with Gasteiger partial charge in [-0.1, -0.05) is 47.3 Å². The summed E-state index contributed by atoms with van der Waals surface area (Å²) in [7, 11) is 0. The number of allylic oxidation sites excluding steroid dienone is 2. The number of fused-ring (bicyclic) bond motifs is 2. The molecular formula is C40H58O9. The van der Waals surface area contributed by atoms with Gasteiger partial charge in [-0.3, -0.25) is 24.0 Å². The zero-order valence-electron chi connectivity index (χ0n) is 31.1. The highest BCUT2D eigenvalue weighted by Gasteiger charge is 2.81. The summed E-state index contributed by atoms with van der Waals surface area (Å²) in [5.41, 5.74) is -0.823. The summed E-state index contributed by atoms with van der Waals surface area (Å²) < 4.78 is 16.6. The number of Topliss-reactive ketones (excluding diaryl/α,β-unsaturated/α-hetero) is 1. The van der Waals surface area contributed by atoms with Crippen molar-refractivity contribution in [3.05, 3.63) is 24.3 Å². The standard InChI is InChI=1S/C40H58O9/c1-22(20-47-31(43)13-14-32(44)49-36(6,7)8)23(2)34(45)35(46)25(4)33-29(48-26(5)41)19-38(10)30-12-11-27-24(3)28(42)15-16-39(27)21-40(30,39)18-17-37(33,38)9/h15-16,22,24-25,27,29-30,33,35,46H,2,11-14,17-21H2,1,3-10H3/t22-,24-,25-,27-,29-,30-,33-,35+,37+,38-,39+,40-/m0/s1. The van der Waals surface area contributed by atoms with Crippen molar-refractivity contribution < 1.29 is 43.3 Å². The van der Waals surface area contributed by atoms with Crippen LogP contribution in [-0.2, 0) is 38.2 Å². The lowest BCUT2D eigenvalue weighted by Gasteiger charge is -2.61. The van der Waals surface area contributed by atoms with Gasteiger partial charge in [-0.2, -0.15) is 0 Å². The Hall–Kier alpha value is -2.81. The molecule has 5 aliphatic carbocycles. The number of ketones is 2. The van der Waals surface area contributed by atoms with Gasteiger partial charge in [0.15, 0.2) is 11.6 Å². The zero-order chi connectivity index (χ0) is 36.5. The van der Waals surface area contributed by atoms with Crippen LogP contribution in [-0.4, -0.2) is 59.0 Å². The Balaban J connectivity index is 1.28. The summed E-state index contributed by atoms with van der Waals surface area (Å²) in [6.07, 6.45) is 7.66. The number of ether oxygens (including phenoxy) is 3. The average Bonchev–Trinajstić information content (AvgIpc) is 3.62. The number of rotatable bonds is 11. The van der Waals surface area contributed by atoms with E-state index in [2.05, 4.69) is 33.4 Å². The van der Waals surface area contributed by atoms with Crippen LogP contribution in [0.15, 0.2) is 24.3 Å². The number of carbonyl (C=O) groups excluding carboxylic acids is 5. The summed E-state index contributed by atoms with van der Waals surface area (Å²) in [6, 6.07) is 0. The van der Waals surface area contributed by atoms with Gasteiger partial charge in [0, 0.05) is 24.7 Å². The monoisotopic (exact) mass is 682 g/mol. The highest BCUT2D eigenvalue weighted by Crippen LogP contribution is 2.87. The van der Waals surface area contributed by atoms with E-state index >= 15 is 0 Å². The van der Waals surface area contributed by atoms with E-state index in [9.17, 15) is 29.1 Å². The van der Waals surface area contributed by atoms with Gasteiger partial charge >= 0.3 is 17.9 Å². The minimum absolute atomic E-state index is 0.0361. The SMILES string of the molecule is C=C(C(=O)[C@H](O)[C@@H](C)[C@H]1[C@@H](OC(C)=O)C[C@@]2(C)[C@@H]3CC[C@H]4[C@H](C)C(=O)C=C[C@@]45C[C@@]35CC[C@]12C)[C@@H](C)COC(=O)CCC(=O)OC(C)(C)C. The van der Waals surface area contributed by atoms with Crippen molar-refractivity contribution in [3.8, 4) is 0 Å². The molecule has 0 heterocycles. The van der Waals surface area contributed by atoms with Gasteiger partial charge in [0.05, 0.1) is 19.4 Å². The Labute approximate surface area is 292 Å². The second kappa shape index (κ2) is 12.8. The molecule has 9 heteroatoms. The molecule has 5 aliphatic rings. The largest absolute Gasteiger partial charge is 0.465 e. The van der Waals surface area contributed by atoms with Gasteiger partial charge in [-0.05, 0) is 110 Å². The Morgan fingerprint density at radius 2 is 1.69 bits per heavy atom. The predicted molar refractivity (Wildman–Crippen MR) is 183 cm³/mol. The van der Waals surface area contributed by atoms with Crippen LogP contribution in [0.25, 0.3) is 0 Å². The van der Waals surface area contributed by atoms with Crippen LogP contribution in [0, 0.1) is 57.2 Å². The maximum Gasteiger partial charge on any atom is 0.306 e. The number of esters is 3. The Bertz CT molecular complexity index is 1440. The van der Waals surface area contributed by atoms with E-state index in [0.29, 0.717) is 18.3 Å². The number of aliphatic hydroxyl groups is 1. The summed E-state index contributed by atoms with van der Waals surface area (Å²) in [5, 5.41) is 11.7. The molecule has 0 amide bonds. The molecule has 12 atom stereocenters.